The molecule has 0 saturated carbocycles. The molecular formula is C28H26F2N6. The lowest BCUT2D eigenvalue weighted by Crippen LogP contribution is -2.14. The average Bonchev–Trinajstić information content (AvgIpc) is 3.68. The van der Waals surface area contributed by atoms with Crippen molar-refractivity contribution in [1.29, 1.82) is 0 Å². The zero-order valence-electron chi connectivity index (χ0n) is 19.6. The van der Waals surface area contributed by atoms with Crippen LogP contribution in [0.2, 0.25) is 0 Å². The summed E-state index contributed by atoms with van der Waals surface area (Å²) in [5.41, 5.74) is 8.08. The van der Waals surface area contributed by atoms with Gasteiger partial charge in [-0.1, -0.05) is 36.4 Å². The van der Waals surface area contributed by atoms with E-state index < -0.39 is 12.3 Å². The molecular weight excluding hydrogens is 458 g/mol. The van der Waals surface area contributed by atoms with Crippen LogP contribution < -0.4 is 10.6 Å². The number of nitrogens with one attached hydrogen (secondary N) is 4. The molecule has 3 aromatic carbocycles. The highest BCUT2D eigenvalue weighted by Gasteiger charge is 2.28. The van der Waals surface area contributed by atoms with Crippen LogP contribution in [0.3, 0.4) is 0 Å². The Hall–Kier alpha value is -3.62. The number of aromatic amines is 2. The van der Waals surface area contributed by atoms with Gasteiger partial charge in [0.05, 0.1) is 34.2 Å². The number of alkyl halides is 2. The van der Waals surface area contributed by atoms with Crippen molar-refractivity contribution in [3.8, 4) is 22.3 Å². The molecule has 2 fully saturated rings. The third-order valence-electron chi connectivity index (χ3n) is 7.37. The Labute approximate surface area is 206 Å². The van der Waals surface area contributed by atoms with E-state index in [1.165, 1.54) is 0 Å². The van der Waals surface area contributed by atoms with E-state index in [-0.39, 0.29) is 12.1 Å². The lowest BCUT2D eigenvalue weighted by atomic mass is 10.00. The Balaban J connectivity index is 1.13. The van der Waals surface area contributed by atoms with Crippen LogP contribution in [-0.4, -0.2) is 45.4 Å². The Morgan fingerprint density at radius 3 is 1.39 bits per heavy atom. The summed E-state index contributed by atoms with van der Waals surface area (Å²) in [5.74, 6) is 1.59. The number of imidazole rings is 2. The van der Waals surface area contributed by atoms with Crippen molar-refractivity contribution in [2.75, 3.05) is 13.1 Å². The number of benzene rings is 3. The molecule has 8 heteroatoms. The van der Waals surface area contributed by atoms with Crippen molar-refractivity contribution in [1.82, 2.24) is 30.6 Å². The molecule has 5 aromatic rings. The summed E-state index contributed by atoms with van der Waals surface area (Å²) >= 11 is 0. The summed E-state index contributed by atoms with van der Waals surface area (Å²) in [6.07, 6.45) is -0.728. The normalized spacial score (nSPS) is 24.3. The van der Waals surface area contributed by atoms with Gasteiger partial charge in [-0.2, -0.15) is 0 Å². The number of hydrogen-bond donors (Lipinski definition) is 4. The van der Waals surface area contributed by atoms with Crippen LogP contribution in [0.1, 0.15) is 36.6 Å². The average molecular weight is 485 g/mol. The number of nitrogens with zero attached hydrogens (tertiary/aromatic N) is 2. The molecule has 2 aliphatic heterocycles. The van der Waals surface area contributed by atoms with E-state index in [1.807, 2.05) is 12.1 Å². The third kappa shape index (κ3) is 3.86. The maximum absolute atomic E-state index is 13.6. The minimum Gasteiger partial charge on any atom is -0.341 e. The van der Waals surface area contributed by atoms with E-state index >= 15 is 0 Å². The second kappa shape index (κ2) is 8.50. The van der Waals surface area contributed by atoms with Crippen LogP contribution in [-0.2, 0) is 0 Å². The van der Waals surface area contributed by atoms with E-state index in [0.717, 1.165) is 56.0 Å². The monoisotopic (exact) mass is 484 g/mol. The van der Waals surface area contributed by atoms with Crippen molar-refractivity contribution < 1.29 is 8.78 Å². The smallest absolute Gasteiger partial charge is 0.124 e. The fraction of sp³-hybridized carbons (Fsp3) is 0.286. The largest absolute Gasteiger partial charge is 0.341 e. The van der Waals surface area contributed by atoms with Crippen molar-refractivity contribution in [2.24, 2.45) is 0 Å². The van der Waals surface area contributed by atoms with Gasteiger partial charge in [0, 0.05) is 25.9 Å². The zero-order chi connectivity index (χ0) is 24.2. The summed E-state index contributed by atoms with van der Waals surface area (Å²) < 4.78 is 27.2. The molecule has 0 amide bonds. The van der Waals surface area contributed by atoms with Crippen molar-refractivity contribution in [3.63, 3.8) is 0 Å². The predicted octanol–water partition coefficient (Wildman–Crippen LogP) is 5.52. The Morgan fingerprint density at radius 2 is 1.00 bits per heavy atom. The van der Waals surface area contributed by atoms with Crippen molar-refractivity contribution in [3.05, 3.63) is 72.3 Å². The minimum atomic E-state index is -0.818. The molecule has 2 aromatic heterocycles. The van der Waals surface area contributed by atoms with Crippen LogP contribution in [0, 0.1) is 0 Å². The number of aromatic nitrogens is 4. The first kappa shape index (κ1) is 21.6. The summed E-state index contributed by atoms with van der Waals surface area (Å²) in [5, 5.41) is 6.37. The van der Waals surface area contributed by atoms with Crippen LogP contribution in [0.25, 0.3) is 44.3 Å². The van der Waals surface area contributed by atoms with Gasteiger partial charge in [-0.05, 0) is 46.5 Å². The molecule has 7 rings (SSSR count). The highest BCUT2D eigenvalue weighted by Crippen LogP contribution is 2.31. The molecule has 0 aliphatic carbocycles. The van der Waals surface area contributed by atoms with E-state index in [1.54, 1.807) is 0 Å². The van der Waals surface area contributed by atoms with Crippen molar-refractivity contribution in [2.45, 2.75) is 37.3 Å². The van der Waals surface area contributed by atoms with Gasteiger partial charge in [-0.15, -0.1) is 0 Å². The van der Waals surface area contributed by atoms with E-state index in [0.29, 0.717) is 25.9 Å². The van der Waals surface area contributed by atoms with Crippen LogP contribution in [0.15, 0.2) is 60.7 Å². The standard InChI is InChI=1S/C28H26F2N6/c29-19-11-25(31-13-19)27-33-21-7-5-17(9-23(21)35-27)15-1-2-16(4-3-15)18-6-8-22-24(10-18)36-28(34-22)26-12-20(30)14-32-26/h1-10,19-20,25-26,31-32H,11-14H2,(H,33,35)(H,34,36). The summed E-state index contributed by atoms with van der Waals surface area (Å²) in [4.78, 5) is 16.1. The molecule has 0 spiro atoms. The van der Waals surface area contributed by atoms with Crippen molar-refractivity contribution >= 4 is 22.1 Å². The highest BCUT2D eigenvalue weighted by atomic mass is 19.1. The Kier molecular flexibility index (Phi) is 5.11. The lowest BCUT2D eigenvalue weighted by Gasteiger charge is -2.06. The molecule has 182 valence electrons. The van der Waals surface area contributed by atoms with E-state index in [4.69, 9.17) is 0 Å². The van der Waals surface area contributed by atoms with Gasteiger partial charge in [0.15, 0.2) is 0 Å². The van der Waals surface area contributed by atoms with Gasteiger partial charge in [-0.3, -0.25) is 0 Å². The fourth-order valence-corrected chi connectivity index (χ4v) is 5.40. The molecule has 4 heterocycles. The second-order valence-corrected chi connectivity index (χ2v) is 9.87. The maximum atomic E-state index is 13.6. The SMILES string of the molecule is FC1CNC(c2nc3ccc(-c4ccc(-c5ccc6nc(C7CC(F)CN7)[nH]c6c5)cc4)cc3[nH]2)C1. The number of H-pyrrole nitrogens is 2. The first-order valence-corrected chi connectivity index (χ1v) is 12.4. The molecule has 2 saturated heterocycles. The number of rotatable bonds is 4. The second-order valence-electron chi connectivity index (χ2n) is 9.87. The molecule has 4 N–H and O–H groups in total. The molecule has 4 atom stereocenters. The molecule has 4 unspecified atom stereocenters. The van der Waals surface area contributed by atoms with Gasteiger partial charge in [0.2, 0.25) is 0 Å². The quantitative estimate of drug-likeness (QED) is 0.271. The fourth-order valence-electron chi connectivity index (χ4n) is 5.40. The zero-order valence-corrected chi connectivity index (χ0v) is 19.6. The van der Waals surface area contributed by atoms with Gasteiger partial charge in [-0.25, -0.2) is 18.7 Å². The minimum absolute atomic E-state index is 0.0616. The van der Waals surface area contributed by atoms with Gasteiger partial charge < -0.3 is 20.6 Å². The molecule has 36 heavy (non-hydrogen) atoms. The number of fused-ring (bicyclic) bond motifs is 2. The van der Waals surface area contributed by atoms with Crippen LogP contribution in [0.4, 0.5) is 8.78 Å². The molecule has 2 aliphatic rings. The first-order chi connectivity index (χ1) is 17.6. The Morgan fingerprint density at radius 1 is 0.583 bits per heavy atom. The third-order valence-corrected chi connectivity index (χ3v) is 7.37. The Bertz CT molecular complexity index is 1440. The topological polar surface area (TPSA) is 81.4 Å². The van der Waals surface area contributed by atoms with Gasteiger partial charge in [0.1, 0.15) is 24.0 Å². The van der Waals surface area contributed by atoms with Gasteiger partial charge >= 0.3 is 0 Å². The number of hydrogen-bond acceptors (Lipinski definition) is 4. The summed E-state index contributed by atoms with van der Waals surface area (Å²) in [6.45, 7) is 0.760. The lowest BCUT2D eigenvalue weighted by molar-refractivity contribution is 0.354. The maximum Gasteiger partial charge on any atom is 0.124 e. The van der Waals surface area contributed by atoms with E-state index in [2.05, 4.69) is 79.1 Å². The molecule has 0 bridgehead atoms. The highest BCUT2D eigenvalue weighted by molar-refractivity contribution is 5.84. The first-order valence-electron chi connectivity index (χ1n) is 12.4. The van der Waals surface area contributed by atoms with Crippen LogP contribution in [0.5, 0.6) is 0 Å². The predicted molar refractivity (Wildman–Crippen MR) is 137 cm³/mol. The summed E-state index contributed by atoms with van der Waals surface area (Å²) in [6, 6.07) is 20.7. The van der Waals surface area contributed by atoms with E-state index in [9.17, 15) is 8.78 Å². The summed E-state index contributed by atoms with van der Waals surface area (Å²) in [7, 11) is 0. The van der Waals surface area contributed by atoms with Crippen LogP contribution >= 0.6 is 0 Å². The molecule has 6 nitrogen and oxygen atoms in total. The molecule has 0 radical (unpaired) electrons. The number of halogens is 2. The van der Waals surface area contributed by atoms with Gasteiger partial charge in [0.25, 0.3) is 0 Å².